The number of benzene rings is 2. The Morgan fingerprint density at radius 2 is 1.83 bits per heavy atom. The number of rotatable bonds is 6. The first kappa shape index (κ1) is 28.0. The smallest absolute Gasteiger partial charge is 0.246 e. The van der Waals surface area contributed by atoms with Gasteiger partial charge >= 0.3 is 0 Å². The Balaban J connectivity index is 1.32. The summed E-state index contributed by atoms with van der Waals surface area (Å²) in [4.78, 5) is 43.8. The number of likely N-dealkylation sites (tertiary alicyclic amines) is 1. The van der Waals surface area contributed by atoms with E-state index in [0.717, 1.165) is 36.0 Å². The number of hydrogen-bond acceptors (Lipinski definition) is 4. The van der Waals surface area contributed by atoms with E-state index in [1.54, 1.807) is 17.0 Å². The fourth-order valence-electron chi connectivity index (χ4n) is 7.27. The summed E-state index contributed by atoms with van der Waals surface area (Å²) in [5.74, 6) is -1.48. The van der Waals surface area contributed by atoms with Crippen molar-refractivity contribution in [3.8, 4) is 0 Å². The molecule has 2 aromatic rings. The highest BCUT2D eigenvalue weighted by atomic mass is 35.5. The Labute approximate surface area is 246 Å². The molecule has 3 heterocycles. The van der Waals surface area contributed by atoms with Crippen LogP contribution in [0.2, 0.25) is 5.02 Å². The molecular weight excluding hydrogens is 538 g/mol. The van der Waals surface area contributed by atoms with E-state index in [2.05, 4.69) is 24.5 Å². The molecule has 7 nitrogen and oxygen atoms in total. The lowest BCUT2D eigenvalue weighted by molar-refractivity contribution is -0.142. The van der Waals surface area contributed by atoms with Gasteiger partial charge in [-0.3, -0.25) is 14.4 Å². The highest BCUT2D eigenvalue weighted by Crippen LogP contribution is 2.55. The normalized spacial score (nSPS) is 33.6. The van der Waals surface area contributed by atoms with Gasteiger partial charge in [0.2, 0.25) is 17.7 Å². The van der Waals surface area contributed by atoms with Crippen LogP contribution in [0.1, 0.15) is 49.8 Å². The monoisotopic (exact) mass is 575 g/mol. The summed E-state index contributed by atoms with van der Waals surface area (Å²) in [6, 6.07) is 12.5. The maximum absolute atomic E-state index is 14.3. The zero-order valence-corrected chi connectivity index (χ0v) is 24.8. The molecule has 0 aromatic heterocycles. The summed E-state index contributed by atoms with van der Waals surface area (Å²) in [7, 11) is 0. The molecule has 216 valence electrons. The number of ether oxygens (including phenoxy) is 1. The molecular formula is C33H38ClN3O4. The lowest BCUT2D eigenvalue weighted by atomic mass is 9.73. The van der Waals surface area contributed by atoms with Crippen LogP contribution in [0.3, 0.4) is 0 Å². The summed E-state index contributed by atoms with van der Waals surface area (Å²) in [5, 5.41) is 6.81. The molecule has 2 N–H and O–H groups in total. The Morgan fingerprint density at radius 3 is 2.56 bits per heavy atom. The second-order valence-electron chi connectivity index (χ2n) is 12.5. The van der Waals surface area contributed by atoms with Gasteiger partial charge in [0.1, 0.15) is 11.6 Å². The molecule has 1 aliphatic carbocycles. The minimum absolute atomic E-state index is 0.0333. The third-order valence-electron chi connectivity index (χ3n) is 9.87. The molecule has 0 radical (unpaired) electrons. The lowest BCUT2D eigenvalue weighted by Gasteiger charge is -2.38. The van der Waals surface area contributed by atoms with Gasteiger partial charge in [0, 0.05) is 23.3 Å². The number of nitrogens with zero attached hydrogens (tertiary/aromatic N) is 1. The van der Waals surface area contributed by atoms with Gasteiger partial charge in [-0.2, -0.15) is 0 Å². The van der Waals surface area contributed by atoms with Gasteiger partial charge in [-0.15, -0.1) is 0 Å². The lowest BCUT2D eigenvalue weighted by Crippen LogP contribution is -2.57. The predicted octanol–water partition coefficient (Wildman–Crippen LogP) is 5.19. The van der Waals surface area contributed by atoms with Crippen molar-refractivity contribution in [1.29, 1.82) is 0 Å². The van der Waals surface area contributed by atoms with Gasteiger partial charge in [0.05, 0.1) is 17.9 Å². The summed E-state index contributed by atoms with van der Waals surface area (Å²) < 4.78 is 6.51. The molecule has 2 saturated heterocycles. The van der Waals surface area contributed by atoms with Crippen LogP contribution in [0.25, 0.3) is 0 Å². The van der Waals surface area contributed by atoms with E-state index in [4.69, 9.17) is 16.3 Å². The highest BCUT2D eigenvalue weighted by Gasteiger charge is 2.72. The highest BCUT2D eigenvalue weighted by molar-refractivity contribution is 6.31. The molecule has 2 aromatic carbocycles. The molecule has 3 fully saturated rings. The van der Waals surface area contributed by atoms with Crippen LogP contribution < -0.4 is 10.6 Å². The molecule has 1 saturated carbocycles. The Morgan fingerprint density at radius 1 is 1.07 bits per heavy atom. The average Bonchev–Trinajstić information content (AvgIpc) is 3.58. The molecule has 3 amide bonds. The van der Waals surface area contributed by atoms with E-state index < -0.39 is 29.6 Å². The third kappa shape index (κ3) is 4.77. The quantitative estimate of drug-likeness (QED) is 0.464. The molecule has 2 bridgehead atoms. The van der Waals surface area contributed by atoms with Gasteiger partial charge < -0.3 is 20.3 Å². The molecule has 3 aliphatic heterocycles. The van der Waals surface area contributed by atoms with Crippen LogP contribution in [0.15, 0.2) is 54.6 Å². The molecule has 0 unspecified atom stereocenters. The number of carbonyl (C=O) groups excluding carboxylic acids is 3. The molecule has 8 heteroatoms. The summed E-state index contributed by atoms with van der Waals surface area (Å²) in [6.07, 6.45) is 6.24. The van der Waals surface area contributed by atoms with Crippen molar-refractivity contribution >= 4 is 35.0 Å². The van der Waals surface area contributed by atoms with Crippen molar-refractivity contribution in [2.24, 2.45) is 23.7 Å². The topological polar surface area (TPSA) is 87.7 Å². The van der Waals surface area contributed by atoms with Crippen LogP contribution >= 0.6 is 11.6 Å². The van der Waals surface area contributed by atoms with Crippen LogP contribution in [0.5, 0.6) is 0 Å². The van der Waals surface area contributed by atoms with E-state index in [9.17, 15) is 14.4 Å². The van der Waals surface area contributed by atoms with Gasteiger partial charge in [0.15, 0.2) is 0 Å². The fourth-order valence-corrected chi connectivity index (χ4v) is 7.45. The molecule has 1 spiro atoms. The van der Waals surface area contributed by atoms with Crippen molar-refractivity contribution in [3.05, 3.63) is 76.3 Å². The number of halogens is 1. The van der Waals surface area contributed by atoms with E-state index in [1.807, 2.05) is 56.3 Å². The first-order chi connectivity index (χ1) is 19.6. The minimum atomic E-state index is -1.20. The number of hydrogen-bond donors (Lipinski definition) is 2. The third-order valence-corrected chi connectivity index (χ3v) is 10.3. The van der Waals surface area contributed by atoms with Gasteiger partial charge in [-0.05, 0) is 55.4 Å². The standard InChI is InChI=1S/C33H38ClN3O4/c1-18-8-11-22(12-9-18)17-37-29(31(39)36-25-7-5-6-19(2)21(25)4)33-15-14-26(41-33)27(28(33)32(37)40)30(38)35-23-13-10-20(3)24(34)16-23/h8-16,19,21,25-29H,5-7,17H2,1-4H3,(H,35,38)(H,36,39)/t19-,21+,25-,26-,27-,28-,29+,33+/m1/s1. The van der Waals surface area contributed by atoms with Crippen molar-refractivity contribution < 1.29 is 19.1 Å². The van der Waals surface area contributed by atoms with Crippen LogP contribution in [-0.4, -0.2) is 46.4 Å². The predicted molar refractivity (Wildman–Crippen MR) is 158 cm³/mol. The Hall–Kier alpha value is -3.16. The first-order valence-electron chi connectivity index (χ1n) is 14.7. The van der Waals surface area contributed by atoms with E-state index in [1.165, 1.54) is 0 Å². The number of nitrogens with one attached hydrogen (secondary N) is 2. The number of carbonyl (C=O) groups is 3. The largest absolute Gasteiger partial charge is 0.359 e. The van der Waals surface area contributed by atoms with E-state index in [0.29, 0.717) is 22.5 Å². The number of anilines is 1. The average molecular weight is 576 g/mol. The van der Waals surface area contributed by atoms with Gasteiger partial charge in [-0.1, -0.05) is 86.3 Å². The van der Waals surface area contributed by atoms with Crippen LogP contribution in [-0.2, 0) is 25.7 Å². The number of aryl methyl sites for hydroxylation is 2. The van der Waals surface area contributed by atoms with Crippen LogP contribution in [0.4, 0.5) is 5.69 Å². The van der Waals surface area contributed by atoms with Crippen molar-refractivity contribution in [3.63, 3.8) is 0 Å². The Bertz CT molecular complexity index is 1410. The van der Waals surface area contributed by atoms with Crippen molar-refractivity contribution in [2.45, 2.75) is 77.3 Å². The number of fused-ring (bicyclic) bond motifs is 1. The number of amides is 3. The van der Waals surface area contributed by atoms with E-state index in [-0.39, 0.29) is 30.3 Å². The Kier molecular flexibility index (Phi) is 7.23. The fraction of sp³-hybridized carbons (Fsp3) is 0.485. The van der Waals surface area contributed by atoms with Crippen molar-refractivity contribution in [2.75, 3.05) is 5.32 Å². The summed E-state index contributed by atoms with van der Waals surface area (Å²) in [5.41, 5.74) is 2.30. The van der Waals surface area contributed by atoms with Gasteiger partial charge in [-0.25, -0.2) is 0 Å². The zero-order valence-electron chi connectivity index (χ0n) is 24.0. The first-order valence-corrected chi connectivity index (χ1v) is 15.1. The second kappa shape index (κ2) is 10.6. The minimum Gasteiger partial charge on any atom is -0.359 e. The maximum Gasteiger partial charge on any atom is 0.246 e. The molecule has 6 rings (SSSR count). The zero-order chi connectivity index (χ0) is 29.1. The van der Waals surface area contributed by atoms with Gasteiger partial charge in [0.25, 0.3) is 0 Å². The molecule has 41 heavy (non-hydrogen) atoms. The van der Waals surface area contributed by atoms with Crippen LogP contribution in [0, 0.1) is 37.5 Å². The summed E-state index contributed by atoms with van der Waals surface area (Å²) in [6.45, 7) is 8.59. The second-order valence-corrected chi connectivity index (χ2v) is 12.9. The molecule has 8 atom stereocenters. The summed E-state index contributed by atoms with van der Waals surface area (Å²) >= 11 is 6.30. The van der Waals surface area contributed by atoms with Crippen molar-refractivity contribution in [1.82, 2.24) is 10.2 Å². The SMILES string of the molecule is Cc1ccc(CN2C(=O)[C@H]3[C@H](C(=O)Nc4ccc(C)c(Cl)c4)[C@H]4C=C[C@@]3(O4)[C@@H]2C(=O)N[C@@H]2CCC[C@@H](C)[C@@H]2C)cc1. The maximum atomic E-state index is 14.3. The van der Waals surface area contributed by atoms with E-state index >= 15 is 0 Å². The molecule has 4 aliphatic rings.